The number of anilines is 3. The Labute approximate surface area is 569 Å². The van der Waals surface area contributed by atoms with Gasteiger partial charge in [0, 0.05) is 44.2 Å². The van der Waals surface area contributed by atoms with Crippen molar-refractivity contribution >= 4 is 38.9 Å². The minimum Gasteiger partial charge on any atom is -0.453 e. The Hall–Kier alpha value is -14.3. The van der Waals surface area contributed by atoms with E-state index in [2.05, 4.69) is 131 Å². The van der Waals surface area contributed by atoms with E-state index >= 15 is 0 Å². The van der Waals surface area contributed by atoms with Gasteiger partial charge in [-0.15, -0.1) is 0 Å². The summed E-state index contributed by atoms with van der Waals surface area (Å²) < 4.78 is 8.72. The largest absolute Gasteiger partial charge is 0.453 e. The van der Waals surface area contributed by atoms with Gasteiger partial charge in [0.25, 0.3) is 0 Å². The van der Waals surface area contributed by atoms with Gasteiger partial charge >= 0.3 is 0 Å². The molecule has 1 aliphatic heterocycles. The molecule has 99 heavy (non-hydrogen) atoms. The van der Waals surface area contributed by atoms with E-state index in [9.17, 15) is 15.8 Å². The Balaban J connectivity index is 0.806. The molecule has 17 rings (SSSR count). The summed E-state index contributed by atoms with van der Waals surface area (Å²) in [5.41, 5.74) is 18.6. The number of para-hydroxylation sites is 4. The highest BCUT2D eigenvalue weighted by Crippen LogP contribution is 2.52. The van der Waals surface area contributed by atoms with Crippen molar-refractivity contribution < 1.29 is 4.74 Å². The van der Waals surface area contributed by atoms with Crippen molar-refractivity contribution in [2.24, 2.45) is 0 Å². The zero-order chi connectivity index (χ0) is 66.3. The maximum absolute atomic E-state index is 11.0. The fraction of sp³-hybridized carbons (Fsp3) is 0. The summed E-state index contributed by atoms with van der Waals surface area (Å²) in [6, 6.07) is 110. The quantitative estimate of drug-likeness (QED) is 0.114. The minimum absolute atomic E-state index is 0.313. The van der Waals surface area contributed by atoms with Gasteiger partial charge in [-0.2, -0.15) is 15.8 Å². The van der Waals surface area contributed by atoms with Crippen LogP contribution in [0.5, 0.6) is 11.5 Å². The molecule has 0 unspecified atom stereocenters. The normalized spacial score (nSPS) is 11.5. The number of hydrogen-bond acceptors (Lipinski definition) is 11. The van der Waals surface area contributed by atoms with Crippen LogP contribution < -0.4 is 9.64 Å². The van der Waals surface area contributed by atoms with Crippen molar-refractivity contribution in [2.45, 2.75) is 0 Å². The summed E-state index contributed by atoms with van der Waals surface area (Å²) in [6.45, 7) is 0. The maximum atomic E-state index is 11.0. The molecule has 0 aliphatic carbocycles. The molecule has 3 aromatic heterocycles. The summed E-state index contributed by atoms with van der Waals surface area (Å²) >= 11 is 0. The predicted octanol–water partition coefficient (Wildman–Crippen LogP) is 21.0. The van der Waals surface area contributed by atoms with Crippen molar-refractivity contribution in [2.75, 3.05) is 4.90 Å². The molecule has 12 heteroatoms. The van der Waals surface area contributed by atoms with Gasteiger partial charge < -0.3 is 14.2 Å². The number of benzene rings is 13. The molecular formula is C87H51N11O. The van der Waals surface area contributed by atoms with Crippen molar-refractivity contribution in [3.8, 4) is 148 Å². The second kappa shape index (κ2) is 24.9. The van der Waals surface area contributed by atoms with Gasteiger partial charge in [-0.25, -0.2) is 29.9 Å². The molecule has 0 radical (unpaired) electrons. The van der Waals surface area contributed by atoms with Gasteiger partial charge in [-0.3, -0.25) is 0 Å². The number of hydrogen-bond donors (Lipinski definition) is 0. The Kier molecular flexibility index (Phi) is 14.7. The molecule has 0 saturated heterocycles. The van der Waals surface area contributed by atoms with Crippen LogP contribution in [0, 0.1) is 34.0 Å². The van der Waals surface area contributed by atoms with Crippen LogP contribution in [0.3, 0.4) is 0 Å². The minimum atomic E-state index is 0.313. The maximum Gasteiger partial charge on any atom is 0.166 e. The predicted molar refractivity (Wildman–Crippen MR) is 391 cm³/mol. The first-order chi connectivity index (χ1) is 48.9. The third-order valence-corrected chi connectivity index (χ3v) is 18.0. The lowest BCUT2D eigenvalue weighted by molar-refractivity contribution is 0.477. The number of rotatable bonds is 12. The van der Waals surface area contributed by atoms with E-state index in [0.717, 1.165) is 111 Å². The van der Waals surface area contributed by atoms with Gasteiger partial charge in [0.05, 0.1) is 68.7 Å². The summed E-state index contributed by atoms with van der Waals surface area (Å²) in [7, 11) is 0. The van der Waals surface area contributed by atoms with E-state index < -0.39 is 0 Å². The summed E-state index contributed by atoms with van der Waals surface area (Å²) in [6.07, 6.45) is 0. The standard InChI is InChI=1S/C87H51N11O/c88-52-55-29-32-59(33-30-55)67-40-43-69(79(51-67)97-74-45-41-65(57-17-5-1-6-18-57)49-71(74)72-50-66(42-46-75(72)97)58-19-7-2-8-20-58)85-92-83(62-23-11-4-12-24-62)93-86(96-85)70-48-64(38-39-68(70)54-90)60-34-36-63(37-35-60)84-91-82(61-21-9-3-10-22-61)94-87(95-84)73-47-56(53-89)31-44-76(73)98-77-25-13-15-27-80(77)99-81-28-16-14-26-78(81)98/h1-51H. The van der Waals surface area contributed by atoms with E-state index in [-0.39, 0.29) is 0 Å². The lowest BCUT2D eigenvalue weighted by atomic mass is 9.98. The van der Waals surface area contributed by atoms with Gasteiger partial charge in [0.2, 0.25) is 0 Å². The fourth-order valence-corrected chi connectivity index (χ4v) is 13.2. The molecule has 0 spiro atoms. The van der Waals surface area contributed by atoms with Crippen LogP contribution in [0.2, 0.25) is 0 Å². The van der Waals surface area contributed by atoms with Gasteiger partial charge in [0.15, 0.2) is 46.4 Å². The lowest BCUT2D eigenvalue weighted by Crippen LogP contribution is -2.17. The zero-order valence-corrected chi connectivity index (χ0v) is 52.8. The SMILES string of the molecule is N#Cc1ccc(-c2ccc(-c3nc(-c4ccccc4)nc(-c4cc(-c5ccc(-c6nc(-c7ccccc7)nc(-c7cc(C#N)ccc7N7c8ccccc8Oc8ccccc87)n6)cc5)ccc4C#N)n3)c(-n3c4ccc(-c5ccccc5)cc4c4cc(-c5ccccc5)ccc43)c2)cc1. The van der Waals surface area contributed by atoms with Crippen molar-refractivity contribution in [1.29, 1.82) is 15.8 Å². The first kappa shape index (κ1) is 58.6. The summed E-state index contributed by atoms with van der Waals surface area (Å²) in [4.78, 5) is 33.6. The highest BCUT2D eigenvalue weighted by atomic mass is 16.5. The Morgan fingerprint density at radius 3 is 1.17 bits per heavy atom. The van der Waals surface area contributed by atoms with E-state index in [1.807, 2.05) is 200 Å². The molecule has 16 aromatic rings. The third kappa shape index (κ3) is 10.9. The molecule has 0 bridgehead atoms. The average molecular weight is 1270 g/mol. The molecule has 0 amide bonds. The van der Waals surface area contributed by atoms with Crippen LogP contribution in [-0.2, 0) is 0 Å². The molecule has 13 aromatic carbocycles. The van der Waals surface area contributed by atoms with Gasteiger partial charge in [-0.05, 0) is 148 Å². The van der Waals surface area contributed by atoms with Gasteiger partial charge in [-0.1, -0.05) is 206 Å². The monoisotopic (exact) mass is 1270 g/mol. The van der Waals surface area contributed by atoms with Crippen molar-refractivity contribution in [3.05, 3.63) is 326 Å². The Bertz CT molecular complexity index is 5840. The zero-order valence-electron chi connectivity index (χ0n) is 52.8. The molecule has 1 aliphatic rings. The van der Waals surface area contributed by atoms with Crippen molar-refractivity contribution in [3.63, 3.8) is 0 Å². The van der Waals surface area contributed by atoms with Crippen LogP contribution >= 0.6 is 0 Å². The number of nitrogens with zero attached hydrogens (tertiary/aromatic N) is 11. The van der Waals surface area contributed by atoms with E-state index in [1.54, 1.807) is 6.07 Å². The Morgan fingerprint density at radius 2 is 0.636 bits per heavy atom. The number of fused-ring (bicyclic) bond motifs is 5. The molecule has 0 N–H and O–H groups in total. The molecule has 4 heterocycles. The summed E-state index contributed by atoms with van der Waals surface area (Å²) in [5, 5.41) is 33.4. The topological polar surface area (TPSA) is 166 Å². The first-order valence-electron chi connectivity index (χ1n) is 32.2. The third-order valence-electron chi connectivity index (χ3n) is 18.0. The molecule has 460 valence electrons. The highest BCUT2D eigenvalue weighted by molar-refractivity contribution is 6.12. The highest BCUT2D eigenvalue weighted by Gasteiger charge is 2.30. The molecule has 0 saturated carbocycles. The van der Waals surface area contributed by atoms with Crippen LogP contribution in [0.1, 0.15) is 16.7 Å². The summed E-state index contributed by atoms with van der Waals surface area (Å²) in [5.74, 6) is 3.76. The van der Waals surface area contributed by atoms with E-state index in [4.69, 9.17) is 34.6 Å². The molecule has 0 fully saturated rings. The smallest absolute Gasteiger partial charge is 0.166 e. The molecule has 0 atom stereocenters. The van der Waals surface area contributed by atoms with Crippen LogP contribution in [-0.4, -0.2) is 34.5 Å². The molecule has 12 nitrogen and oxygen atoms in total. The second-order valence-corrected chi connectivity index (χ2v) is 24.0. The van der Waals surface area contributed by atoms with E-state index in [0.29, 0.717) is 74.3 Å². The number of aromatic nitrogens is 7. The van der Waals surface area contributed by atoms with Crippen LogP contribution in [0.4, 0.5) is 17.1 Å². The van der Waals surface area contributed by atoms with Crippen LogP contribution in [0.25, 0.3) is 140 Å². The van der Waals surface area contributed by atoms with Crippen LogP contribution in [0.15, 0.2) is 309 Å². The van der Waals surface area contributed by atoms with Gasteiger partial charge in [0.1, 0.15) is 0 Å². The number of nitriles is 3. The number of ether oxygens (including phenoxy) is 1. The average Bonchev–Trinajstić information content (AvgIpc) is 1.62. The van der Waals surface area contributed by atoms with E-state index in [1.165, 1.54) is 0 Å². The first-order valence-corrected chi connectivity index (χ1v) is 32.2. The fourth-order valence-electron chi connectivity index (χ4n) is 13.2. The lowest BCUT2D eigenvalue weighted by Gasteiger charge is -2.33. The second-order valence-electron chi connectivity index (χ2n) is 24.0. The Morgan fingerprint density at radius 1 is 0.253 bits per heavy atom. The molecular weight excluding hydrogens is 1220 g/mol. The van der Waals surface area contributed by atoms with Crippen molar-refractivity contribution in [1.82, 2.24) is 34.5 Å².